The number of nitro benzene ring substituents is 1. The van der Waals surface area contributed by atoms with Crippen LogP contribution in [-0.2, 0) is 0 Å². The summed E-state index contributed by atoms with van der Waals surface area (Å²) in [4.78, 5) is 35.3. The smallest absolute Gasteiger partial charge is 0.281 e. The van der Waals surface area contributed by atoms with E-state index in [1.165, 1.54) is 24.3 Å². The molecule has 0 saturated heterocycles. The molecule has 0 bridgehead atoms. The van der Waals surface area contributed by atoms with Gasteiger partial charge in [0, 0.05) is 22.2 Å². The van der Waals surface area contributed by atoms with Gasteiger partial charge in [0.25, 0.3) is 5.69 Å². The number of nitro groups is 1. The number of halogens is 2. The van der Waals surface area contributed by atoms with Crippen molar-refractivity contribution in [2.75, 3.05) is 0 Å². The molecule has 7 heteroatoms. The molecule has 2 aromatic carbocycles. The van der Waals surface area contributed by atoms with Gasteiger partial charge in [0.1, 0.15) is 5.56 Å². The maximum Gasteiger partial charge on any atom is 0.281 e. The number of ketones is 2. The maximum absolute atomic E-state index is 12.5. The zero-order chi connectivity index (χ0) is 15.3. The van der Waals surface area contributed by atoms with E-state index in [4.69, 9.17) is 23.2 Å². The van der Waals surface area contributed by atoms with Crippen molar-refractivity contribution < 1.29 is 14.5 Å². The van der Waals surface area contributed by atoms with E-state index < -0.39 is 22.2 Å². The second kappa shape index (κ2) is 4.65. The predicted octanol–water partition coefficient (Wildman–Crippen LogP) is 3.68. The van der Waals surface area contributed by atoms with Crippen LogP contribution in [0.5, 0.6) is 0 Å². The number of carbonyl (C=O) groups excluding carboxylic acids is 2. The molecule has 0 N–H and O–H groups in total. The zero-order valence-corrected chi connectivity index (χ0v) is 11.7. The average molecular weight is 322 g/mol. The van der Waals surface area contributed by atoms with Crippen molar-refractivity contribution in [3.8, 4) is 0 Å². The monoisotopic (exact) mass is 321 g/mol. The van der Waals surface area contributed by atoms with Crippen molar-refractivity contribution in [2.45, 2.75) is 0 Å². The molecule has 0 aliphatic heterocycles. The number of rotatable bonds is 1. The van der Waals surface area contributed by atoms with Gasteiger partial charge in [0.15, 0.2) is 5.78 Å². The van der Waals surface area contributed by atoms with Crippen molar-refractivity contribution in [1.82, 2.24) is 0 Å². The Morgan fingerprint density at radius 2 is 1.57 bits per heavy atom. The van der Waals surface area contributed by atoms with Crippen LogP contribution in [0.1, 0.15) is 31.8 Å². The molecule has 104 valence electrons. The highest BCUT2D eigenvalue weighted by Gasteiger charge is 2.37. The van der Waals surface area contributed by atoms with Crippen molar-refractivity contribution in [3.05, 3.63) is 72.7 Å². The summed E-state index contributed by atoms with van der Waals surface area (Å²) in [5, 5.41) is 11.4. The van der Waals surface area contributed by atoms with E-state index in [0.717, 1.165) is 6.07 Å². The first-order valence-electron chi connectivity index (χ1n) is 5.77. The largest absolute Gasteiger partial charge is 0.288 e. The molecule has 0 radical (unpaired) electrons. The fourth-order valence-electron chi connectivity index (χ4n) is 2.34. The fraction of sp³-hybridized carbons (Fsp3) is 0. The van der Waals surface area contributed by atoms with Crippen molar-refractivity contribution >= 4 is 40.5 Å². The van der Waals surface area contributed by atoms with Crippen LogP contribution >= 0.6 is 23.2 Å². The highest BCUT2D eigenvalue weighted by Crippen LogP contribution is 2.37. The van der Waals surface area contributed by atoms with Crippen LogP contribution in [0, 0.1) is 10.1 Å². The lowest BCUT2D eigenvalue weighted by Crippen LogP contribution is -2.22. The summed E-state index contributed by atoms with van der Waals surface area (Å²) in [6, 6.07) is 6.54. The Kier molecular flexibility index (Phi) is 3.04. The van der Waals surface area contributed by atoms with Gasteiger partial charge in [-0.15, -0.1) is 0 Å². The molecule has 0 amide bonds. The minimum absolute atomic E-state index is 0.000393. The summed E-state index contributed by atoms with van der Waals surface area (Å²) in [5.74, 6) is -1.15. The molecule has 21 heavy (non-hydrogen) atoms. The molecule has 0 aromatic heterocycles. The summed E-state index contributed by atoms with van der Waals surface area (Å²) >= 11 is 11.8. The van der Waals surface area contributed by atoms with Crippen LogP contribution in [0.3, 0.4) is 0 Å². The molecule has 0 atom stereocenters. The molecular weight excluding hydrogens is 317 g/mol. The first kappa shape index (κ1) is 13.7. The van der Waals surface area contributed by atoms with Gasteiger partial charge in [-0.3, -0.25) is 19.7 Å². The lowest BCUT2D eigenvalue weighted by Gasteiger charge is -2.18. The third-order valence-corrected chi connectivity index (χ3v) is 3.80. The number of hydrogen-bond donors (Lipinski definition) is 0. The first-order chi connectivity index (χ1) is 9.91. The SMILES string of the molecule is O=C1c2cc(Cl)ccc2C(=O)c2c([N+](=O)[O-])ccc(Cl)c21. The van der Waals surface area contributed by atoms with Gasteiger partial charge >= 0.3 is 0 Å². The van der Waals surface area contributed by atoms with Gasteiger partial charge in [-0.2, -0.15) is 0 Å². The van der Waals surface area contributed by atoms with E-state index in [2.05, 4.69) is 0 Å². The normalized spacial score (nSPS) is 12.9. The third kappa shape index (κ3) is 1.93. The fourth-order valence-corrected chi connectivity index (χ4v) is 2.76. The van der Waals surface area contributed by atoms with E-state index in [0.29, 0.717) is 5.02 Å². The summed E-state index contributed by atoms with van der Waals surface area (Å²) in [6.45, 7) is 0. The Labute approximate surface area is 128 Å². The number of fused-ring (bicyclic) bond motifs is 2. The summed E-state index contributed by atoms with van der Waals surface area (Å²) in [6.07, 6.45) is 0. The van der Waals surface area contributed by atoms with Crippen molar-refractivity contribution in [3.63, 3.8) is 0 Å². The molecular formula is C14H5Cl2NO4. The molecule has 2 aromatic rings. The number of carbonyl (C=O) groups is 2. The van der Waals surface area contributed by atoms with Gasteiger partial charge in [-0.05, 0) is 24.3 Å². The van der Waals surface area contributed by atoms with Crippen molar-refractivity contribution in [2.24, 2.45) is 0 Å². The minimum atomic E-state index is -0.707. The number of hydrogen-bond acceptors (Lipinski definition) is 4. The van der Waals surface area contributed by atoms with E-state index in [-0.39, 0.29) is 27.3 Å². The Bertz CT molecular complexity index is 845. The third-order valence-electron chi connectivity index (χ3n) is 3.25. The summed E-state index contributed by atoms with van der Waals surface area (Å²) in [5.41, 5.74) is -0.670. The van der Waals surface area contributed by atoms with Gasteiger partial charge in [0.05, 0.1) is 15.5 Å². The minimum Gasteiger partial charge on any atom is -0.288 e. The quantitative estimate of drug-likeness (QED) is 0.506. The van der Waals surface area contributed by atoms with Gasteiger partial charge in [-0.25, -0.2) is 0 Å². The van der Waals surface area contributed by atoms with Crippen molar-refractivity contribution in [1.29, 1.82) is 0 Å². The van der Waals surface area contributed by atoms with Gasteiger partial charge in [0.2, 0.25) is 5.78 Å². The molecule has 0 saturated carbocycles. The Hall–Kier alpha value is -2.24. The van der Waals surface area contributed by atoms with E-state index in [1.54, 1.807) is 0 Å². The molecule has 5 nitrogen and oxygen atoms in total. The second-order valence-electron chi connectivity index (χ2n) is 4.42. The van der Waals surface area contributed by atoms with Crippen LogP contribution in [0.2, 0.25) is 10.0 Å². The predicted molar refractivity (Wildman–Crippen MR) is 76.4 cm³/mol. The highest BCUT2D eigenvalue weighted by molar-refractivity contribution is 6.40. The van der Waals surface area contributed by atoms with E-state index in [9.17, 15) is 19.7 Å². The molecule has 0 spiro atoms. The summed E-state index contributed by atoms with van der Waals surface area (Å²) in [7, 11) is 0. The molecule has 3 rings (SSSR count). The lowest BCUT2D eigenvalue weighted by molar-refractivity contribution is -0.385. The molecule has 0 fully saturated rings. The number of benzene rings is 2. The van der Waals surface area contributed by atoms with Crippen LogP contribution in [-0.4, -0.2) is 16.5 Å². The Morgan fingerprint density at radius 1 is 0.905 bits per heavy atom. The van der Waals surface area contributed by atoms with Gasteiger partial charge < -0.3 is 0 Å². The van der Waals surface area contributed by atoms with Crippen LogP contribution < -0.4 is 0 Å². The van der Waals surface area contributed by atoms with Crippen LogP contribution in [0.15, 0.2) is 30.3 Å². The maximum atomic E-state index is 12.5. The second-order valence-corrected chi connectivity index (χ2v) is 5.27. The molecule has 1 aliphatic rings. The highest BCUT2D eigenvalue weighted by atomic mass is 35.5. The van der Waals surface area contributed by atoms with Crippen LogP contribution in [0.4, 0.5) is 5.69 Å². The molecule has 0 unspecified atom stereocenters. The first-order valence-corrected chi connectivity index (χ1v) is 6.53. The van der Waals surface area contributed by atoms with E-state index in [1.807, 2.05) is 0 Å². The molecule has 1 aliphatic carbocycles. The van der Waals surface area contributed by atoms with Crippen LogP contribution in [0.25, 0.3) is 0 Å². The lowest BCUT2D eigenvalue weighted by atomic mass is 9.83. The molecule has 0 heterocycles. The van der Waals surface area contributed by atoms with E-state index >= 15 is 0 Å². The average Bonchev–Trinajstić information content (AvgIpc) is 2.44. The Morgan fingerprint density at radius 3 is 2.24 bits per heavy atom. The summed E-state index contributed by atoms with van der Waals surface area (Å²) < 4.78 is 0. The number of nitrogens with zero attached hydrogens (tertiary/aromatic N) is 1. The standard InChI is InChI=1S/C14H5Cl2NO4/c15-6-1-2-7-8(5-6)14(19)11-9(16)3-4-10(17(20)21)12(11)13(7)18/h1-5H. The van der Waals surface area contributed by atoms with Gasteiger partial charge in [-0.1, -0.05) is 23.2 Å². The topological polar surface area (TPSA) is 77.3 Å². The Balaban J connectivity index is 2.40. The zero-order valence-electron chi connectivity index (χ0n) is 10.2.